The van der Waals surface area contributed by atoms with Gasteiger partial charge in [0.05, 0.1) is 44.6 Å². The third kappa shape index (κ3) is 5.57. The molecule has 0 bridgehead atoms. The van der Waals surface area contributed by atoms with Gasteiger partial charge in [-0.2, -0.15) is 0 Å². The average molecular weight is 463 g/mol. The topological polar surface area (TPSA) is 96.3 Å². The van der Waals surface area contributed by atoms with Crippen LogP contribution < -0.4 is 24.2 Å². The van der Waals surface area contributed by atoms with Crippen molar-refractivity contribution in [3.05, 3.63) is 43.3 Å². The Balaban J connectivity index is 2.04. The molecule has 1 amide bonds. The minimum atomic E-state index is -0.570. The van der Waals surface area contributed by atoms with Crippen molar-refractivity contribution >= 4 is 35.4 Å². The van der Waals surface area contributed by atoms with Crippen molar-refractivity contribution in [1.82, 2.24) is 9.47 Å². The van der Waals surface area contributed by atoms with Gasteiger partial charge in [0.2, 0.25) is 5.91 Å². The molecule has 1 aliphatic heterocycles. The van der Waals surface area contributed by atoms with E-state index in [-0.39, 0.29) is 24.6 Å². The highest BCUT2D eigenvalue weighted by Gasteiger charge is 2.19. The van der Waals surface area contributed by atoms with Gasteiger partial charge in [0, 0.05) is 13.1 Å². The monoisotopic (exact) mass is 462 g/mol. The molecule has 2 aromatic rings. The Morgan fingerprint density at radius 3 is 2.53 bits per heavy atom. The van der Waals surface area contributed by atoms with Gasteiger partial charge < -0.3 is 23.8 Å². The maximum Gasteiger partial charge on any atom is 0.333 e. The molecule has 0 aliphatic carbocycles. The molecule has 1 aromatic heterocycles. The highest BCUT2D eigenvalue weighted by atomic mass is 32.1. The first-order valence-electron chi connectivity index (χ1n) is 10.1. The van der Waals surface area contributed by atoms with E-state index < -0.39 is 5.97 Å². The molecule has 0 unspecified atom stereocenters. The smallest absolute Gasteiger partial charge is 0.333 e. The van der Waals surface area contributed by atoms with Gasteiger partial charge in [-0.25, -0.2) is 4.79 Å². The van der Waals surface area contributed by atoms with Crippen molar-refractivity contribution in [2.45, 2.75) is 13.5 Å². The van der Waals surface area contributed by atoms with Gasteiger partial charge in [-0.3, -0.25) is 14.2 Å². The zero-order valence-electron chi connectivity index (χ0n) is 18.3. The molecule has 0 N–H and O–H groups in total. The van der Waals surface area contributed by atoms with Crippen molar-refractivity contribution in [2.24, 2.45) is 0 Å². The molecule has 2 heterocycles. The maximum atomic E-state index is 13.1. The Labute approximate surface area is 189 Å². The summed E-state index contributed by atoms with van der Waals surface area (Å²) in [6, 6.07) is 5.28. The van der Waals surface area contributed by atoms with Gasteiger partial charge >= 0.3 is 5.97 Å². The Morgan fingerprint density at radius 2 is 1.88 bits per heavy atom. The molecule has 1 aromatic carbocycles. The summed E-state index contributed by atoms with van der Waals surface area (Å²) in [5, 5.41) is 0. The fraction of sp³-hybridized carbons (Fsp3) is 0.409. The molecule has 1 aliphatic rings. The molecule has 3 rings (SSSR count). The van der Waals surface area contributed by atoms with Crippen LogP contribution in [-0.2, 0) is 25.6 Å². The number of amides is 1. The summed E-state index contributed by atoms with van der Waals surface area (Å²) in [4.78, 5) is 39.6. The lowest BCUT2D eigenvalue weighted by atomic mass is 10.2. The molecule has 9 nitrogen and oxygen atoms in total. The summed E-state index contributed by atoms with van der Waals surface area (Å²) in [6.07, 6.45) is 2.93. The number of nitrogens with zero attached hydrogens (tertiary/aromatic N) is 2. The van der Waals surface area contributed by atoms with Crippen LogP contribution in [0, 0.1) is 0 Å². The predicted octanol–water partition coefficient (Wildman–Crippen LogP) is -0.0418. The van der Waals surface area contributed by atoms with E-state index in [1.54, 1.807) is 43.2 Å². The van der Waals surface area contributed by atoms with E-state index in [9.17, 15) is 14.4 Å². The Bertz CT molecular complexity index is 1150. The van der Waals surface area contributed by atoms with Crippen LogP contribution in [0.5, 0.6) is 11.5 Å². The first-order valence-corrected chi connectivity index (χ1v) is 11.0. The minimum Gasteiger partial charge on any atom is -0.493 e. The molecule has 0 atom stereocenters. The van der Waals surface area contributed by atoms with E-state index in [0.29, 0.717) is 47.0 Å². The van der Waals surface area contributed by atoms with Gasteiger partial charge in [0.1, 0.15) is 11.2 Å². The molecular formula is C22H26N2O7S. The molecule has 1 saturated heterocycles. The average Bonchev–Trinajstić information content (AvgIpc) is 3.08. The SMILES string of the molecule is CCOC(=O)/C=c1\s/c(=C\c2ccc(OC)c(OC)c2)c(=O)n1CC(=O)N1CCOCC1. The van der Waals surface area contributed by atoms with Crippen molar-refractivity contribution < 1.29 is 28.5 Å². The fourth-order valence-corrected chi connectivity index (χ4v) is 4.25. The quantitative estimate of drug-likeness (QED) is 0.533. The number of hydrogen-bond donors (Lipinski definition) is 0. The van der Waals surface area contributed by atoms with Crippen molar-refractivity contribution in [3.8, 4) is 11.5 Å². The number of aromatic nitrogens is 1. The van der Waals surface area contributed by atoms with E-state index in [0.717, 1.165) is 16.9 Å². The van der Waals surface area contributed by atoms with Crippen LogP contribution in [0.25, 0.3) is 12.2 Å². The highest BCUT2D eigenvalue weighted by Crippen LogP contribution is 2.27. The summed E-state index contributed by atoms with van der Waals surface area (Å²) < 4.78 is 22.9. The zero-order valence-corrected chi connectivity index (χ0v) is 19.1. The Hall–Kier alpha value is -3.11. The number of esters is 1. The second-order valence-electron chi connectivity index (χ2n) is 6.84. The first kappa shape index (κ1) is 23.6. The van der Waals surface area contributed by atoms with E-state index in [4.69, 9.17) is 18.9 Å². The lowest BCUT2D eigenvalue weighted by Gasteiger charge is -2.26. The van der Waals surface area contributed by atoms with Gasteiger partial charge in [-0.15, -0.1) is 11.3 Å². The Morgan fingerprint density at radius 1 is 1.16 bits per heavy atom. The number of morpholine rings is 1. The molecule has 0 radical (unpaired) electrons. The third-order valence-corrected chi connectivity index (χ3v) is 5.89. The van der Waals surface area contributed by atoms with Crippen LogP contribution in [0.2, 0.25) is 0 Å². The normalized spacial score (nSPS) is 15.0. The second kappa shape index (κ2) is 11.0. The Kier molecular flexibility index (Phi) is 8.07. The van der Waals surface area contributed by atoms with E-state index in [1.165, 1.54) is 17.8 Å². The molecule has 32 heavy (non-hydrogen) atoms. The molecule has 10 heteroatoms. The number of ether oxygens (including phenoxy) is 4. The van der Waals surface area contributed by atoms with Crippen molar-refractivity contribution in [2.75, 3.05) is 47.1 Å². The van der Waals surface area contributed by atoms with Crippen LogP contribution in [-0.4, -0.2) is 68.5 Å². The van der Waals surface area contributed by atoms with Gasteiger partial charge in [0.25, 0.3) is 5.56 Å². The van der Waals surface area contributed by atoms with Crippen LogP contribution in [0.4, 0.5) is 0 Å². The lowest BCUT2D eigenvalue weighted by molar-refractivity contribution is -0.136. The number of thiazole rings is 1. The minimum absolute atomic E-state index is 0.166. The van der Waals surface area contributed by atoms with Gasteiger partial charge in [0.15, 0.2) is 11.5 Å². The standard InChI is InChI=1S/C22H26N2O7S/c1-4-31-21(26)13-20-24(14-19(25)23-7-9-30-10-8-23)22(27)18(32-20)12-15-5-6-16(28-2)17(11-15)29-3/h5-6,11-13H,4,7-10,14H2,1-3H3/b18-12-,20-13-. The molecule has 1 fully saturated rings. The number of benzene rings is 1. The predicted molar refractivity (Wildman–Crippen MR) is 119 cm³/mol. The number of rotatable bonds is 7. The number of carbonyl (C=O) groups excluding carboxylic acids is 2. The largest absolute Gasteiger partial charge is 0.493 e. The van der Waals surface area contributed by atoms with E-state index in [1.807, 2.05) is 0 Å². The highest BCUT2D eigenvalue weighted by molar-refractivity contribution is 7.07. The molecule has 172 valence electrons. The number of hydrogen-bond acceptors (Lipinski definition) is 8. The van der Waals surface area contributed by atoms with Crippen molar-refractivity contribution in [3.63, 3.8) is 0 Å². The second-order valence-corrected chi connectivity index (χ2v) is 7.91. The van der Waals surface area contributed by atoms with Crippen molar-refractivity contribution in [1.29, 1.82) is 0 Å². The summed E-state index contributed by atoms with van der Waals surface area (Å²) in [5.74, 6) is 0.322. The zero-order chi connectivity index (χ0) is 23.1. The van der Waals surface area contributed by atoms with Crippen LogP contribution in [0.3, 0.4) is 0 Å². The summed E-state index contributed by atoms with van der Waals surface area (Å²) in [7, 11) is 3.07. The molecule has 0 saturated carbocycles. The maximum absolute atomic E-state index is 13.1. The van der Waals surface area contributed by atoms with Gasteiger partial charge in [-0.1, -0.05) is 6.07 Å². The third-order valence-electron chi connectivity index (χ3n) is 4.83. The number of carbonyl (C=O) groups is 2. The first-order chi connectivity index (χ1) is 15.5. The van der Waals surface area contributed by atoms with Crippen LogP contribution in [0.15, 0.2) is 23.0 Å². The van der Waals surface area contributed by atoms with E-state index >= 15 is 0 Å². The summed E-state index contributed by atoms with van der Waals surface area (Å²) in [6.45, 7) is 3.61. The summed E-state index contributed by atoms with van der Waals surface area (Å²) in [5.41, 5.74) is 0.359. The van der Waals surface area contributed by atoms with E-state index in [2.05, 4.69) is 0 Å². The fourth-order valence-electron chi connectivity index (χ4n) is 3.22. The number of methoxy groups -OCH3 is 2. The molecular weight excluding hydrogens is 436 g/mol. The summed E-state index contributed by atoms with van der Waals surface area (Å²) >= 11 is 1.12. The van der Waals surface area contributed by atoms with Crippen LogP contribution in [0.1, 0.15) is 12.5 Å². The molecule has 0 spiro atoms. The van der Waals surface area contributed by atoms with Crippen LogP contribution >= 0.6 is 11.3 Å². The lowest BCUT2D eigenvalue weighted by Crippen LogP contribution is -2.45. The van der Waals surface area contributed by atoms with Gasteiger partial charge in [-0.05, 0) is 30.7 Å².